The quantitative estimate of drug-likeness (QED) is 0.664. The van der Waals surface area contributed by atoms with E-state index in [1.165, 1.54) is 17.8 Å². The summed E-state index contributed by atoms with van der Waals surface area (Å²) in [7, 11) is 0. The number of thioether (sulfide) groups is 1. The minimum absolute atomic E-state index is 0.275. The molecule has 0 fully saturated rings. The first-order valence-electron chi connectivity index (χ1n) is 5.19. The molecule has 0 radical (unpaired) electrons. The minimum Gasteiger partial charge on any atom is -0.398 e. The van der Waals surface area contributed by atoms with Crippen LogP contribution < -0.4 is 5.73 Å². The van der Waals surface area contributed by atoms with Gasteiger partial charge in [0, 0.05) is 21.9 Å². The lowest BCUT2D eigenvalue weighted by Gasteiger charge is -2.08. The normalized spacial score (nSPS) is 10.6. The lowest BCUT2D eigenvalue weighted by molar-refractivity contribution is 0.502. The number of hydrogen-bond donors (Lipinski definition) is 1. The molecule has 0 amide bonds. The van der Waals surface area contributed by atoms with Gasteiger partial charge in [0.15, 0.2) is 11.6 Å². The van der Waals surface area contributed by atoms with Crippen LogP contribution in [0.4, 0.5) is 14.5 Å². The molecule has 2 N–H and O–H groups in total. The Balaban J connectivity index is 2.19. The summed E-state index contributed by atoms with van der Waals surface area (Å²) < 4.78 is 26.5. The Morgan fingerprint density at radius 1 is 1.11 bits per heavy atom. The lowest BCUT2D eigenvalue weighted by atomic mass is 10.2. The molecular weight excluding hydrogens is 276 g/mol. The molecule has 0 aromatic heterocycles. The topological polar surface area (TPSA) is 26.0 Å². The third-order valence-electron chi connectivity index (χ3n) is 2.40. The summed E-state index contributed by atoms with van der Waals surface area (Å²) in [6.07, 6.45) is 0. The molecule has 0 heterocycles. The summed E-state index contributed by atoms with van der Waals surface area (Å²) in [5.74, 6) is -1.40. The SMILES string of the molecule is Nc1cccc(Cl)c1SCc1cccc(F)c1F. The second kappa shape index (κ2) is 5.59. The monoisotopic (exact) mass is 285 g/mol. The Hall–Kier alpha value is -1.26. The molecule has 0 aliphatic carbocycles. The molecule has 0 spiro atoms. The van der Waals surface area contributed by atoms with Crippen molar-refractivity contribution in [2.45, 2.75) is 10.6 Å². The number of nitrogen functional groups attached to an aromatic ring is 1. The van der Waals surface area contributed by atoms with Gasteiger partial charge in [-0.15, -0.1) is 11.8 Å². The van der Waals surface area contributed by atoms with Crippen LogP contribution in [0.5, 0.6) is 0 Å². The van der Waals surface area contributed by atoms with Crippen LogP contribution in [-0.2, 0) is 5.75 Å². The van der Waals surface area contributed by atoms with Gasteiger partial charge in [0.25, 0.3) is 0 Å². The van der Waals surface area contributed by atoms with E-state index >= 15 is 0 Å². The Morgan fingerprint density at radius 3 is 2.56 bits per heavy atom. The van der Waals surface area contributed by atoms with Crippen LogP contribution in [-0.4, -0.2) is 0 Å². The Labute approximate surface area is 113 Å². The fourth-order valence-electron chi connectivity index (χ4n) is 1.49. The minimum atomic E-state index is -0.847. The van der Waals surface area contributed by atoms with Crippen LogP contribution in [0.2, 0.25) is 5.02 Å². The van der Waals surface area contributed by atoms with Gasteiger partial charge < -0.3 is 5.73 Å². The van der Waals surface area contributed by atoms with E-state index in [-0.39, 0.29) is 5.75 Å². The molecule has 0 bridgehead atoms. The predicted octanol–water partition coefficient (Wildman–Crippen LogP) is 4.49. The smallest absolute Gasteiger partial charge is 0.162 e. The highest BCUT2D eigenvalue weighted by Gasteiger charge is 2.10. The lowest BCUT2D eigenvalue weighted by Crippen LogP contribution is -1.93. The summed E-state index contributed by atoms with van der Waals surface area (Å²) >= 11 is 7.28. The number of rotatable bonds is 3. The van der Waals surface area contributed by atoms with Gasteiger partial charge in [0.2, 0.25) is 0 Å². The molecule has 18 heavy (non-hydrogen) atoms. The van der Waals surface area contributed by atoms with Crippen molar-refractivity contribution in [3.8, 4) is 0 Å². The number of halogens is 3. The van der Waals surface area contributed by atoms with Crippen LogP contribution in [0.25, 0.3) is 0 Å². The van der Waals surface area contributed by atoms with E-state index in [1.54, 1.807) is 24.3 Å². The standard InChI is InChI=1S/C13H10ClF2NS/c14-9-4-2-6-11(17)13(9)18-7-8-3-1-5-10(15)12(8)16/h1-6H,7,17H2. The largest absolute Gasteiger partial charge is 0.398 e. The average Bonchev–Trinajstić information content (AvgIpc) is 2.33. The Morgan fingerprint density at radius 2 is 1.83 bits per heavy atom. The third-order valence-corrected chi connectivity index (χ3v) is 4.03. The van der Waals surface area contributed by atoms with Crippen LogP contribution in [0, 0.1) is 11.6 Å². The summed E-state index contributed by atoms with van der Waals surface area (Å²) in [5, 5.41) is 0.511. The molecule has 94 valence electrons. The second-order valence-corrected chi connectivity index (χ2v) is 5.05. The van der Waals surface area contributed by atoms with E-state index in [2.05, 4.69) is 0 Å². The molecule has 0 aliphatic heterocycles. The van der Waals surface area contributed by atoms with Crippen molar-refractivity contribution >= 4 is 29.1 Å². The van der Waals surface area contributed by atoms with Gasteiger partial charge in [-0.3, -0.25) is 0 Å². The highest BCUT2D eigenvalue weighted by Crippen LogP contribution is 2.34. The molecule has 0 saturated heterocycles. The molecule has 0 unspecified atom stereocenters. The molecule has 5 heteroatoms. The maximum Gasteiger partial charge on any atom is 0.162 e. The van der Waals surface area contributed by atoms with E-state index in [9.17, 15) is 8.78 Å². The highest BCUT2D eigenvalue weighted by atomic mass is 35.5. The zero-order valence-corrected chi connectivity index (χ0v) is 10.9. The first kappa shape index (κ1) is 13.2. The summed E-state index contributed by atoms with van der Waals surface area (Å²) in [5.41, 5.74) is 6.60. The van der Waals surface area contributed by atoms with Gasteiger partial charge in [-0.1, -0.05) is 29.8 Å². The second-order valence-electron chi connectivity index (χ2n) is 3.66. The van der Waals surface area contributed by atoms with E-state index in [0.717, 1.165) is 6.07 Å². The number of benzene rings is 2. The summed E-state index contributed by atoms with van der Waals surface area (Å²) in [6, 6.07) is 9.28. The van der Waals surface area contributed by atoms with Crippen molar-refractivity contribution in [2.24, 2.45) is 0 Å². The predicted molar refractivity (Wildman–Crippen MR) is 71.8 cm³/mol. The van der Waals surface area contributed by atoms with E-state index in [0.29, 0.717) is 21.2 Å². The van der Waals surface area contributed by atoms with Crippen molar-refractivity contribution in [2.75, 3.05) is 5.73 Å². The van der Waals surface area contributed by atoms with E-state index in [4.69, 9.17) is 17.3 Å². The van der Waals surface area contributed by atoms with Crippen molar-refractivity contribution in [1.29, 1.82) is 0 Å². The number of hydrogen-bond acceptors (Lipinski definition) is 2. The van der Waals surface area contributed by atoms with Gasteiger partial charge in [0.1, 0.15) is 0 Å². The van der Waals surface area contributed by atoms with Crippen LogP contribution in [0.15, 0.2) is 41.3 Å². The van der Waals surface area contributed by atoms with Crippen LogP contribution in [0.1, 0.15) is 5.56 Å². The zero-order valence-electron chi connectivity index (χ0n) is 9.29. The van der Waals surface area contributed by atoms with E-state index < -0.39 is 11.6 Å². The van der Waals surface area contributed by atoms with Gasteiger partial charge in [-0.05, 0) is 18.2 Å². The fraction of sp³-hybridized carbons (Fsp3) is 0.0769. The third kappa shape index (κ3) is 2.76. The molecule has 0 saturated carbocycles. The highest BCUT2D eigenvalue weighted by molar-refractivity contribution is 7.98. The van der Waals surface area contributed by atoms with E-state index in [1.807, 2.05) is 0 Å². The van der Waals surface area contributed by atoms with Crippen molar-refractivity contribution in [3.05, 3.63) is 58.6 Å². The number of nitrogens with two attached hydrogens (primary N) is 1. The number of anilines is 1. The van der Waals surface area contributed by atoms with Crippen molar-refractivity contribution in [1.82, 2.24) is 0 Å². The van der Waals surface area contributed by atoms with Gasteiger partial charge in [0.05, 0.1) is 5.02 Å². The van der Waals surface area contributed by atoms with Crippen molar-refractivity contribution in [3.63, 3.8) is 0 Å². The summed E-state index contributed by atoms with van der Waals surface area (Å²) in [4.78, 5) is 0.683. The average molecular weight is 286 g/mol. The Kier molecular flexibility index (Phi) is 4.09. The Bertz CT molecular complexity index is 555. The molecular formula is C13H10ClF2NS. The molecule has 0 atom stereocenters. The fourth-order valence-corrected chi connectivity index (χ4v) is 2.80. The van der Waals surface area contributed by atoms with Gasteiger partial charge in [-0.2, -0.15) is 0 Å². The van der Waals surface area contributed by atoms with Crippen LogP contribution in [0.3, 0.4) is 0 Å². The van der Waals surface area contributed by atoms with Crippen LogP contribution >= 0.6 is 23.4 Å². The molecule has 2 aromatic carbocycles. The van der Waals surface area contributed by atoms with Crippen molar-refractivity contribution < 1.29 is 8.78 Å². The first-order chi connectivity index (χ1) is 8.59. The maximum absolute atomic E-state index is 13.5. The molecule has 2 rings (SSSR count). The van der Waals surface area contributed by atoms with Gasteiger partial charge >= 0.3 is 0 Å². The molecule has 1 nitrogen and oxygen atoms in total. The maximum atomic E-state index is 13.5. The molecule has 2 aromatic rings. The zero-order chi connectivity index (χ0) is 13.1. The van der Waals surface area contributed by atoms with Gasteiger partial charge in [-0.25, -0.2) is 8.78 Å². The first-order valence-corrected chi connectivity index (χ1v) is 6.55. The summed E-state index contributed by atoms with van der Waals surface area (Å²) in [6.45, 7) is 0. The molecule has 0 aliphatic rings.